The number of aryl methyl sites for hydroxylation is 1. The van der Waals surface area contributed by atoms with E-state index in [0.29, 0.717) is 11.4 Å². The Bertz CT molecular complexity index is 598. The van der Waals surface area contributed by atoms with E-state index >= 15 is 0 Å². The first-order valence-corrected chi connectivity index (χ1v) is 7.67. The molecule has 0 amide bonds. The summed E-state index contributed by atoms with van der Waals surface area (Å²) >= 11 is 3.35. The molecule has 0 saturated heterocycles. The number of halogens is 1. The Morgan fingerprint density at radius 3 is 2.61 bits per heavy atom. The highest BCUT2D eigenvalue weighted by Gasteiger charge is 2.08. The molecule has 0 aromatic heterocycles. The maximum atomic E-state index is 12.3. The van der Waals surface area contributed by atoms with E-state index in [4.69, 9.17) is 5.73 Å². The maximum absolute atomic E-state index is 12.3. The van der Waals surface area contributed by atoms with Crippen LogP contribution in [0.4, 0.5) is 5.69 Å². The van der Waals surface area contributed by atoms with E-state index in [1.807, 2.05) is 49.4 Å². The molecule has 1 atom stereocenters. The Balaban J connectivity index is 2.22. The van der Waals surface area contributed by atoms with E-state index in [9.17, 15) is 4.21 Å². The molecule has 1 unspecified atom stereocenters. The highest BCUT2D eigenvalue weighted by Crippen LogP contribution is 2.22. The minimum atomic E-state index is -1.03. The number of hydrogen-bond donors (Lipinski definition) is 1. The smallest absolute Gasteiger partial charge is 0.0576 e. The fourth-order valence-electron chi connectivity index (χ4n) is 1.72. The molecule has 2 nitrogen and oxygen atoms in total. The number of rotatable bonds is 3. The van der Waals surface area contributed by atoms with E-state index in [2.05, 4.69) is 15.9 Å². The third kappa shape index (κ3) is 3.00. The van der Waals surface area contributed by atoms with Crippen molar-refractivity contribution in [3.63, 3.8) is 0 Å². The second-order valence-corrected chi connectivity index (χ2v) is 6.39. The van der Waals surface area contributed by atoms with Crippen LogP contribution in [-0.2, 0) is 16.6 Å². The molecule has 0 bridgehead atoms. The Kier molecular flexibility index (Phi) is 4.19. The second-order valence-electron chi connectivity index (χ2n) is 4.11. The molecule has 94 valence electrons. The highest BCUT2D eigenvalue weighted by atomic mass is 79.9. The van der Waals surface area contributed by atoms with Gasteiger partial charge in [-0.3, -0.25) is 4.21 Å². The summed E-state index contributed by atoms with van der Waals surface area (Å²) in [7, 11) is -1.03. The van der Waals surface area contributed by atoms with Gasteiger partial charge in [0.05, 0.1) is 16.6 Å². The number of hydrogen-bond acceptors (Lipinski definition) is 2. The first kappa shape index (κ1) is 13.3. The maximum Gasteiger partial charge on any atom is 0.0576 e. The lowest BCUT2D eigenvalue weighted by Crippen LogP contribution is -1.99. The van der Waals surface area contributed by atoms with Gasteiger partial charge in [0, 0.05) is 15.1 Å². The number of anilines is 1. The molecule has 0 saturated carbocycles. The quantitative estimate of drug-likeness (QED) is 0.876. The van der Waals surface area contributed by atoms with Gasteiger partial charge in [-0.05, 0) is 52.2 Å². The minimum Gasteiger partial charge on any atom is -0.398 e. The van der Waals surface area contributed by atoms with Crippen LogP contribution in [0, 0.1) is 6.92 Å². The van der Waals surface area contributed by atoms with Crippen molar-refractivity contribution in [1.29, 1.82) is 0 Å². The van der Waals surface area contributed by atoms with Crippen molar-refractivity contribution >= 4 is 32.4 Å². The fourth-order valence-corrected chi connectivity index (χ4v) is 3.27. The predicted molar refractivity (Wildman–Crippen MR) is 79.8 cm³/mol. The zero-order chi connectivity index (χ0) is 13.1. The summed E-state index contributed by atoms with van der Waals surface area (Å²) in [5, 5.41) is 0. The van der Waals surface area contributed by atoms with Gasteiger partial charge in [0.2, 0.25) is 0 Å². The van der Waals surface area contributed by atoms with Gasteiger partial charge < -0.3 is 5.73 Å². The number of nitrogen functional groups attached to an aromatic ring is 1. The first-order valence-electron chi connectivity index (χ1n) is 5.56. The van der Waals surface area contributed by atoms with Gasteiger partial charge in [0.15, 0.2) is 0 Å². The standard InChI is InChI=1S/C14H14BrNOS/c1-10-4-2-3-5-14(10)18(17)9-11-6-7-12(15)13(16)8-11/h2-8H,9,16H2,1H3. The summed E-state index contributed by atoms with van der Waals surface area (Å²) in [6.45, 7) is 1.98. The molecule has 2 aromatic rings. The average molecular weight is 324 g/mol. The van der Waals surface area contributed by atoms with Crippen LogP contribution in [0.2, 0.25) is 0 Å². The first-order chi connectivity index (χ1) is 8.58. The van der Waals surface area contributed by atoms with Crippen molar-refractivity contribution in [1.82, 2.24) is 0 Å². The highest BCUT2D eigenvalue weighted by molar-refractivity contribution is 9.10. The van der Waals surface area contributed by atoms with Gasteiger partial charge in [-0.25, -0.2) is 0 Å². The van der Waals surface area contributed by atoms with Gasteiger partial charge >= 0.3 is 0 Å². The molecule has 0 fully saturated rings. The monoisotopic (exact) mass is 323 g/mol. The number of benzene rings is 2. The van der Waals surface area contributed by atoms with Crippen LogP contribution in [0.3, 0.4) is 0 Å². The molecule has 0 aliphatic rings. The van der Waals surface area contributed by atoms with E-state index in [-0.39, 0.29) is 0 Å². The van der Waals surface area contributed by atoms with Crippen LogP contribution in [0.1, 0.15) is 11.1 Å². The fraction of sp³-hybridized carbons (Fsp3) is 0.143. The third-order valence-corrected chi connectivity index (χ3v) is 4.96. The van der Waals surface area contributed by atoms with Crippen molar-refractivity contribution in [3.05, 3.63) is 58.1 Å². The van der Waals surface area contributed by atoms with Crippen molar-refractivity contribution in [2.45, 2.75) is 17.6 Å². The second kappa shape index (κ2) is 5.67. The summed E-state index contributed by atoms with van der Waals surface area (Å²) in [4.78, 5) is 0.888. The minimum absolute atomic E-state index is 0.488. The SMILES string of the molecule is Cc1ccccc1S(=O)Cc1ccc(Br)c(N)c1. The molecule has 4 heteroatoms. The number of nitrogens with two attached hydrogens (primary N) is 1. The molecule has 0 aliphatic carbocycles. The van der Waals surface area contributed by atoms with Crippen molar-refractivity contribution < 1.29 is 4.21 Å². The molecule has 0 radical (unpaired) electrons. The molecule has 2 N–H and O–H groups in total. The Labute approximate surface area is 118 Å². The predicted octanol–water partition coefficient (Wildman–Crippen LogP) is 3.65. The largest absolute Gasteiger partial charge is 0.398 e. The van der Waals surface area contributed by atoms with E-state index < -0.39 is 10.8 Å². The van der Waals surface area contributed by atoms with Gasteiger partial charge in [0.1, 0.15) is 0 Å². The van der Waals surface area contributed by atoms with Crippen molar-refractivity contribution in [3.8, 4) is 0 Å². The third-order valence-electron chi connectivity index (χ3n) is 2.70. The van der Waals surface area contributed by atoms with Crippen LogP contribution in [-0.4, -0.2) is 4.21 Å². The molecule has 2 rings (SSSR count). The van der Waals surface area contributed by atoms with Gasteiger partial charge in [-0.1, -0.05) is 24.3 Å². The van der Waals surface area contributed by atoms with Crippen LogP contribution in [0.5, 0.6) is 0 Å². The molecule has 0 heterocycles. The lowest BCUT2D eigenvalue weighted by atomic mass is 10.2. The summed E-state index contributed by atoms with van der Waals surface area (Å²) in [5.74, 6) is 0.488. The summed E-state index contributed by atoms with van der Waals surface area (Å²) in [6.07, 6.45) is 0. The summed E-state index contributed by atoms with van der Waals surface area (Å²) in [5.41, 5.74) is 8.53. The zero-order valence-electron chi connectivity index (χ0n) is 10.0. The zero-order valence-corrected chi connectivity index (χ0v) is 12.4. The molecule has 18 heavy (non-hydrogen) atoms. The van der Waals surface area contributed by atoms with E-state index in [1.165, 1.54) is 0 Å². The van der Waals surface area contributed by atoms with E-state index in [1.54, 1.807) is 0 Å². The van der Waals surface area contributed by atoms with Crippen LogP contribution in [0.25, 0.3) is 0 Å². The van der Waals surface area contributed by atoms with Crippen molar-refractivity contribution in [2.24, 2.45) is 0 Å². The molecule has 2 aromatic carbocycles. The molecular weight excluding hydrogens is 310 g/mol. The summed E-state index contributed by atoms with van der Waals surface area (Å²) < 4.78 is 13.2. The summed E-state index contributed by atoms with van der Waals surface area (Å²) in [6, 6.07) is 13.4. The van der Waals surface area contributed by atoms with Gasteiger partial charge in [-0.2, -0.15) is 0 Å². The molecular formula is C14H14BrNOS. The van der Waals surface area contributed by atoms with E-state index in [0.717, 1.165) is 20.5 Å². The van der Waals surface area contributed by atoms with Gasteiger partial charge in [-0.15, -0.1) is 0 Å². The Hall–Kier alpha value is -1.13. The Morgan fingerprint density at radius 1 is 1.22 bits per heavy atom. The topological polar surface area (TPSA) is 43.1 Å². The lowest BCUT2D eigenvalue weighted by molar-refractivity contribution is 0.682. The normalized spacial score (nSPS) is 12.3. The van der Waals surface area contributed by atoms with Crippen LogP contribution >= 0.6 is 15.9 Å². The molecule has 0 aliphatic heterocycles. The van der Waals surface area contributed by atoms with Crippen LogP contribution in [0.15, 0.2) is 51.8 Å². The van der Waals surface area contributed by atoms with Crippen LogP contribution < -0.4 is 5.73 Å². The lowest BCUT2D eigenvalue weighted by Gasteiger charge is -2.07. The van der Waals surface area contributed by atoms with Crippen molar-refractivity contribution in [2.75, 3.05) is 5.73 Å². The average Bonchev–Trinajstić information content (AvgIpc) is 2.34. The molecule has 0 spiro atoms. The Morgan fingerprint density at radius 2 is 1.94 bits per heavy atom. The van der Waals surface area contributed by atoms with Gasteiger partial charge in [0.25, 0.3) is 0 Å².